The van der Waals surface area contributed by atoms with Crippen LogP contribution in [0, 0.1) is 6.92 Å². The first-order chi connectivity index (χ1) is 10.7. The zero-order chi connectivity index (χ0) is 15.5. The number of fused-ring (bicyclic) bond motifs is 1. The summed E-state index contributed by atoms with van der Waals surface area (Å²) in [7, 11) is 1.66. The van der Waals surface area contributed by atoms with Crippen LogP contribution in [0.4, 0.5) is 0 Å². The summed E-state index contributed by atoms with van der Waals surface area (Å²) in [5.74, 6) is 1.58. The van der Waals surface area contributed by atoms with Gasteiger partial charge in [0, 0.05) is 5.39 Å². The van der Waals surface area contributed by atoms with E-state index in [1.807, 2.05) is 55.5 Å². The molecule has 0 fully saturated rings. The number of hydrogen-bond donors (Lipinski definition) is 0. The molecule has 0 aliphatic rings. The summed E-state index contributed by atoms with van der Waals surface area (Å²) in [6, 6.07) is 15.9. The highest BCUT2D eigenvalue weighted by Crippen LogP contribution is 2.37. The summed E-state index contributed by atoms with van der Waals surface area (Å²) in [5, 5.41) is 0.938. The molecule has 0 amide bonds. The molecule has 0 radical (unpaired) electrons. The largest absolute Gasteiger partial charge is 0.497 e. The summed E-state index contributed by atoms with van der Waals surface area (Å²) in [5.41, 5.74) is 2.92. The molecule has 3 rings (SSSR count). The quantitative estimate of drug-likeness (QED) is 0.665. The highest BCUT2D eigenvalue weighted by molar-refractivity contribution is 9.10. The van der Waals surface area contributed by atoms with Crippen molar-refractivity contribution in [2.45, 2.75) is 13.5 Å². The van der Waals surface area contributed by atoms with Gasteiger partial charge in [-0.2, -0.15) is 0 Å². The maximum Gasteiger partial charge on any atom is 0.145 e. The number of methoxy groups -OCH3 is 1. The molecule has 0 saturated heterocycles. The summed E-state index contributed by atoms with van der Waals surface area (Å²) in [6.07, 6.45) is 0. The summed E-state index contributed by atoms with van der Waals surface area (Å²) in [4.78, 5) is 4.58. The number of aromatic nitrogens is 1. The standard InChI is InChI=1S/C18H16BrNO2/c1-12-17(19)18(22-11-13-6-4-3-5-7-13)15-10-14(21-2)8-9-16(15)20-12/h3-10H,11H2,1-2H3. The number of pyridine rings is 1. The molecule has 3 aromatic rings. The third kappa shape index (κ3) is 2.92. The van der Waals surface area contributed by atoms with Crippen molar-refractivity contribution in [1.82, 2.24) is 4.98 Å². The Labute approximate surface area is 138 Å². The average Bonchev–Trinajstić information content (AvgIpc) is 2.56. The van der Waals surface area contributed by atoms with Crippen molar-refractivity contribution in [2.24, 2.45) is 0 Å². The Morgan fingerprint density at radius 3 is 2.59 bits per heavy atom. The van der Waals surface area contributed by atoms with E-state index in [-0.39, 0.29) is 0 Å². The number of halogens is 1. The molecule has 0 N–H and O–H groups in total. The van der Waals surface area contributed by atoms with E-state index in [4.69, 9.17) is 9.47 Å². The van der Waals surface area contributed by atoms with Gasteiger partial charge in [0.1, 0.15) is 18.1 Å². The lowest BCUT2D eigenvalue weighted by Gasteiger charge is -2.14. The van der Waals surface area contributed by atoms with Crippen LogP contribution in [-0.2, 0) is 6.61 Å². The minimum Gasteiger partial charge on any atom is -0.497 e. The van der Waals surface area contributed by atoms with Gasteiger partial charge >= 0.3 is 0 Å². The molecule has 1 heterocycles. The van der Waals surface area contributed by atoms with Crippen molar-refractivity contribution in [1.29, 1.82) is 0 Å². The van der Waals surface area contributed by atoms with Gasteiger partial charge in [-0.3, -0.25) is 4.98 Å². The molecular weight excluding hydrogens is 342 g/mol. The smallest absolute Gasteiger partial charge is 0.145 e. The lowest BCUT2D eigenvalue weighted by molar-refractivity contribution is 0.307. The molecule has 22 heavy (non-hydrogen) atoms. The Hall–Kier alpha value is -2.07. The second-order valence-corrected chi connectivity index (χ2v) is 5.79. The molecule has 4 heteroatoms. The normalized spacial score (nSPS) is 10.7. The van der Waals surface area contributed by atoms with Gasteiger partial charge in [0.15, 0.2) is 0 Å². The molecule has 0 spiro atoms. The Kier molecular flexibility index (Phi) is 4.29. The molecule has 0 unspecified atom stereocenters. The van der Waals surface area contributed by atoms with Crippen LogP contribution in [0.3, 0.4) is 0 Å². The molecule has 0 aliphatic carbocycles. The first-order valence-corrected chi connectivity index (χ1v) is 7.79. The minimum atomic E-state index is 0.509. The molecule has 0 atom stereocenters. The highest BCUT2D eigenvalue weighted by Gasteiger charge is 2.13. The average molecular weight is 358 g/mol. The first kappa shape index (κ1) is 14.9. The van der Waals surface area contributed by atoms with Gasteiger partial charge in [-0.25, -0.2) is 0 Å². The topological polar surface area (TPSA) is 31.4 Å². The zero-order valence-electron chi connectivity index (χ0n) is 12.5. The number of benzene rings is 2. The monoisotopic (exact) mass is 357 g/mol. The Bertz CT molecular complexity index is 803. The predicted molar refractivity (Wildman–Crippen MR) is 91.5 cm³/mol. The highest BCUT2D eigenvalue weighted by atomic mass is 79.9. The molecular formula is C18H16BrNO2. The fourth-order valence-electron chi connectivity index (χ4n) is 2.30. The van der Waals surface area contributed by atoms with Gasteiger partial charge in [-0.05, 0) is 46.6 Å². The minimum absolute atomic E-state index is 0.509. The Morgan fingerprint density at radius 2 is 1.86 bits per heavy atom. The summed E-state index contributed by atoms with van der Waals surface area (Å²) < 4.78 is 12.3. The van der Waals surface area contributed by atoms with Gasteiger partial charge in [0.2, 0.25) is 0 Å². The van der Waals surface area contributed by atoms with Gasteiger partial charge < -0.3 is 9.47 Å². The van der Waals surface area contributed by atoms with Crippen LogP contribution in [0.5, 0.6) is 11.5 Å². The van der Waals surface area contributed by atoms with E-state index in [9.17, 15) is 0 Å². The molecule has 0 saturated carbocycles. The second kappa shape index (κ2) is 6.36. The lowest BCUT2D eigenvalue weighted by atomic mass is 10.1. The molecule has 3 nitrogen and oxygen atoms in total. The second-order valence-electron chi connectivity index (χ2n) is 5.00. The van der Waals surface area contributed by atoms with Crippen LogP contribution in [-0.4, -0.2) is 12.1 Å². The maximum atomic E-state index is 6.07. The molecule has 2 aromatic carbocycles. The van der Waals surface area contributed by atoms with Crippen molar-refractivity contribution in [3.63, 3.8) is 0 Å². The fourth-order valence-corrected chi connectivity index (χ4v) is 2.72. The number of aryl methyl sites for hydroxylation is 1. The van der Waals surface area contributed by atoms with Gasteiger partial charge in [-0.1, -0.05) is 30.3 Å². The molecule has 0 aliphatic heterocycles. The van der Waals surface area contributed by atoms with Crippen LogP contribution < -0.4 is 9.47 Å². The van der Waals surface area contributed by atoms with Crippen molar-refractivity contribution >= 4 is 26.8 Å². The maximum absolute atomic E-state index is 6.07. The van der Waals surface area contributed by atoms with Crippen LogP contribution in [0.15, 0.2) is 53.0 Å². The number of rotatable bonds is 4. The SMILES string of the molecule is COc1ccc2nc(C)c(Br)c(OCc3ccccc3)c2c1. The third-order valence-electron chi connectivity index (χ3n) is 3.48. The Balaban J connectivity index is 2.04. The first-order valence-electron chi connectivity index (χ1n) is 6.99. The van der Waals surface area contributed by atoms with Crippen molar-refractivity contribution in [2.75, 3.05) is 7.11 Å². The van der Waals surface area contributed by atoms with Crippen LogP contribution in [0.2, 0.25) is 0 Å². The van der Waals surface area contributed by atoms with Crippen molar-refractivity contribution in [3.8, 4) is 11.5 Å². The summed E-state index contributed by atoms with van der Waals surface area (Å²) >= 11 is 3.59. The van der Waals surface area contributed by atoms with E-state index in [1.54, 1.807) is 7.11 Å². The van der Waals surface area contributed by atoms with E-state index in [0.717, 1.165) is 38.1 Å². The van der Waals surface area contributed by atoms with Crippen LogP contribution in [0.1, 0.15) is 11.3 Å². The number of hydrogen-bond acceptors (Lipinski definition) is 3. The van der Waals surface area contributed by atoms with E-state index in [0.29, 0.717) is 6.61 Å². The zero-order valence-corrected chi connectivity index (χ0v) is 14.1. The van der Waals surface area contributed by atoms with E-state index < -0.39 is 0 Å². The number of nitrogens with zero attached hydrogens (tertiary/aromatic N) is 1. The summed E-state index contributed by atoms with van der Waals surface area (Å²) in [6.45, 7) is 2.47. The lowest BCUT2D eigenvalue weighted by Crippen LogP contribution is -1.99. The number of ether oxygens (including phenoxy) is 2. The van der Waals surface area contributed by atoms with E-state index >= 15 is 0 Å². The molecule has 1 aromatic heterocycles. The Morgan fingerprint density at radius 1 is 1.09 bits per heavy atom. The van der Waals surface area contributed by atoms with Crippen molar-refractivity contribution < 1.29 is 9.47 Å². The molecule has 112 valence electrons. The van der Waals surface area contributed by atoms with Gasteiger partial charge in [-0.15, -0.1) is 0 Å². The molecule has 0 bridgehead atoms. The van der Waals surface area contributed by atoms with Gasteiger partial charge in [0.05, 0.1) is 22.8 Å². The van der Waals surface area contributed by atoms with E-state index in [2.05, 4.69) is 20.9 Å². The third-order valence-corrected chi connectivity index (χ3v) is 4.41. The van der Waals surface area contributed by atoms with Crippen LogP contribution in [0.25, 0.3) is 10.9 Å². The predicted octanol–water partition coefficient (Wildman–Crippen LogP) is 4.89. The van der Waals surface area contributed by atoms with Crippen molar-refractivity contribution in [3.05, 3.63) is 64.3 Å². The van der Waals surface area contributed by atoms with Gasteiger partial charge in [0.25, 0.3) is 0 Å². The fraction of sp³-hybridized carbons (Fsp3) is 0.167. The van der Waals surface area contributed by atoms with E-state index in [1.165, 1.54) is 0 Å². The van der Waals surface area contributed by atoms with Crippen LogP contribution >= 0.6 is 15.9 Å².